The Kier molecular flexibility index (Phi) is 4.86. The summed E-state index contributed by atoms with van der Waals surface area (Å²) in [6.07, 6.45) is 2.07. The standard InChI is InChI=1S/C18H19BrN2O2/c1-23-16-6-2-4-13-5-3-11-21(18(13)16)12-17(22)20-15-9-7-14(19)8-10-15/h2,4,6-10H,3,5,11-12H2,1H3,(H,20,22). The van der Waals surface area contributed by atoms with Crippen molar-refractivity contribution in [3.63, 3.8) is 0 Å². The number of nitrogens with one attached hydrogen (secondary N) is 1. The Morgan fingerprint density at radius 2 is 2.04 bits per heavy atom. The van der Waals surface area contributed by atoms with E-state index < -0.39 is 0 Å². The van der Waals surface area contributed by atoms with Crippen molar-refractivity contribution < 1.29 is 9.53 Å². The number of rotatable bonds is 4. The molecule has 23 heavy (non-hydrogen) atoms. The van der Waals surface area contributed by atoms with Crippen molar-refractivity contribution in [2.45, 2.75) is 12.8 Å². The van der Waals surface area contributed by atoms with Crippen LogP contribution in [0.2, 0.25) is 0 Å². The molecule has 2 aromatic carbocycles. The summed E-state index contributed by atoms with van der Waals surface area (Å²) in [5, 5.41) is 2.94. The molecule has 0 fully saturated rings. The molecule has 2 aromatic rings. The van der Waals surface area contributed by atoms with Crippen LogP contribution < -0.4 is 15.0 Å². The largest absolute Gasteiger partial charge is 0.495 e. The highest BCUT2D eigenvalue weighted by Crippen LogP contribution is 2.35. The highest BCUT2D eigenvalue weighted by molar-refractivity contribution is 9.10. The van der Waals surface area contributed by atoms with Gasteiger partial charge in [-0.15, -0.1) is 0 Å². The number of ether oxygens (including phenoxy) is 1. The van der Waals surface area contributed by atoms with E-state index in [4.69, 9.17) is 4.74 Å². The monoisotopic (exact) mass is 374 g/mol. The van der Waals surface area contributed by atoms with E-state index in [0.29, 0.717) is 6.54 Å². The molecule has 1 amide bonds. The Labute approximate surface area is 144 Å². The van der Waals surface area contributed by atoms with Gasteiger partial charge in [0.25, 0.3) is 0 Å². The molecule has 0 unspecified atom stereocenters. The average Bonchev–Trinajstić information content (AvgIpc) is 2.56. The molecule has 5 heteroatoms. The fourth-order valence-corrected chi connectivity index (χ4v) is 3.19. The lowest BCUT2D eigenvalue weighted by Crippen LogP contribution is -2.37. The van der Waals surface area contributed by atoms with Gasteiger partial charge in [-0.3, -0.25) is 4.79 Å². The van der Waals surface area contributed by atoms with Crippen LogP contribution in [0.1, 0.15) is 12.0 Å². The van der Waals surface area contributed by atoms with Crippen LogP contribution in [0.3, 0.4) is 0 Å². The number of aryl methyl sites for hydroxylation is 1. The van der Waals surface area contributed by atoms with E-state index in [2.05, 4.69) is 32.2 Å². The number of fused-ring (bicyclic) bond motifs is 1. The van der Waals surface area contributed by atoms with Crippen molar-refractivity contribution in [3.8, 4) is 5.75 Å². The summed E-state index contributed by atoms with van der Waals surface area (Å²) in [4.78, 5) is 14.5. The predicted molar refractivity (Wildman–Crippen MR) is 96.3 cm³/mol. The molecule has 4 nitrogen and oxygen atoms in total. The molecular formula is C18H19BrN2O2. The maximum Gasteiger partial charge on any atom is 0.243 e. The van der Waals surface area contributed by atoms with Crippen LogP contribution in [0.25, 0.3) is 0 Å². The summed E-state index contributed by atoms with van der Waals surface area (Å²) >= 11 is 3.39. The van der Waals surface area contributed by atoms with Gasteiger partial charge in [-0.2, -0.15) is 0 Å². The molecule has 1 N–H and O–H groups in total. The normalized spacial score (nSPS) is 13.4. The van der Waals surface area contributed by atoms with E-state index in [9.17, 15) is 4.79 Å². The molecule has 0 atom stereocenters. The Morgan fingerprint density at radius 1 is 1.26 bits per heavy atom. The second kappa shape index (κ2) is 7.04. The number of halogens is 1. The molecule has 1 aliphatic rings. The smallest absolute Gasteiger partial charge is 0.243 e. The SMILES string of the molecule is COc1cccc2c1N(CC(=O)Nc1ccc(Br)cc1)CCC2. The highest BCUT2D eigenvalue weighted by atomic mass is 79.9. The Hall–Kier alpha value is -2.01. The van der Waals surface area contributed by atoms with Crippen molar-refractivity contribution in [1.29, 1.82) is 0 Å². The lowest BCUT2D eigenvalue weighted by molar-refractivity contribution is -0.115. The van der Waals surface area contributed by atoms with Crippen LogP contribution in [-0.2, 0) is 11.2 Å². The molecule has 0 radical (unpaired) electrons. The number of hydrogen-bond acceptors (Lipinski definition) is 3. The molecule has 0 spiro atoms. The van der Waals surface area contributed by atoms with E-state index >= 15 is 0 Å². The Morgan fingerprint density at radius 3 is 2.78 bits per heavy atom. The summed E-state index contributed by atoms with van der Waals surface area (Å²) < 4.78 is 6.47. The molecule has 0 saturated heterocycles. The summed E-state index contributed by atoms with van der Waals surface area (Å²) in [5.41, 5.74) is 3.09. The van der Waals surface area contributed by atoms with Crippen molar-refractivity contribution in [3.05, 3.63) is 52.5 Å². The van der Waals surface area contributed by atoms with E-state index in [1.54, 1.807) is 7.11 Å². The number of hydrogen-bond donors (Lipinski definition) is 1. The molecule has 120 valence electrons. The molecule has 1 heterocycles. The van der Waals surface area contributed by atoms with Gasteiger partial charge in [0, 0.05) is 16.7 Å². The highest BCUT2D eigenvalue weighted by Gasteiger charge is 2.22. The van der Waals surface area contributed by atoms with Crippen LogP contribution in [0, 0.1) is 0 Å². The van der Waals surface area contributed by atoms with E-state index in [-0.39, 0.29) is 5.91 Å². The minimum Gasteiger partial charge on any atom is -0.495 e. The van der Waals surface area contributed by atoms with Gasteiger partial charge in [0.1, 0.15) is 5.75 Å². The summed E-state index contributed by atoms with van der Waals surface area (Å²) in [5.74, 6) is 0.810. The zero-order valence-corrected chi connectivity index (χ0v) is 14.6. The number of carbonyl (C=O) groups excluding carboxylic acids is 1. The Bertz CT molecular complexity index is 686. The average molecular weight is 375 g/mol. The lowest BCUT2D eigenvalue weighted by Gasteiger charge is -2.32. The van der Waals surface area contributed by atoms with E-state index in [1.807, 2.05) is 36.4 Å². The van der Waals surface area contributed by atoms with Crippen molar-refractivity contribution in [2.24, 2.45) is 0 Å². The fraction of sp³-hybridized carbons (Fsp3) is 0.278. The van der Waals surface area contributed by atoms with Crippen LogP contribution in [0.15, 0.2) is 46.9 Å². The second-order valence-corrected chi connectivity index (χ2v) is 6.46. The summed E-state index contributed by atoms with van der Waals surface area (Å²) in [6.45, 7) is 1.19. The minimum atomic E-state index is -0.0221. The zero-order chi connectivity index (χ0) is 16.2. The van der Waals surface area contributed by atoms with Gasteiger partial charge in [-0.25, -0.2) is 0 Å². The second-order valence-electron chi connectivity index (χ2n) is 5.55. The van der Waals surface area contributed by atoms with Gasteiger partial charge in [0.05, 0.1) is 19.3 Å². The first-order chi connectivity index (χ1) is 11.2. The lowest BCUT2D eigenvalue weighted by atomic mass is 10.0. The molecule has 0 aliphatic carbocycles. The zero-order valence-electron chi connectivity index (χ0n) is 13.0. The third kappa shape index (κ3) is 3.67. The molecule has 0 bridgehead atoms. The predicted octanol–water partition coefficient (Wildman–Crippen LogP) is 3.85. The number of anilines is 2. The van der Waals surface area contributed by atoms with Crippen LogP contribution in [0.5, 0.6) is 5.75 Å². The maximum atomic E-state index is 12.4. The maximum absolute atomic E-state index is 12.4. The first-order valence-electron chi connectivity index (χ1n) is 7.63. The van der Waals surface area contributed by atoms with Gasteiger partial charge < -0.3 is 15.0 Å². The van der Waals surface area contributed by atoms with E-state index in [1.165, 1.54) is 5.56 Å². The van der Waals surface area contributed by atoms with Crippen molar-refractivity contribution in [2.75, 3.05) is 30.4 Å². The first-order valence-corrected chi connectivity index (χ1v) is 8.43. The molecule has 1 aliphatic heterocycles. The number of para-hydroxylation sites is 1. The number of benzene rings is 2. The molecule has 3 rings (SSSR count). The summed E-state index contributed by atoms with van der Waals surface area (Å²) in [6, 6.07) is 13.6. The van der Waals surface area contributed by atoms with Crippen LogP contribution in [-0.4, -0.2) is 26.1 Å². The quantitative estimate of drug-likeness (QED) is 0.883. The third-order valence-electron chi connectivity index (χ3n) is 3.96. The number of amides is 1. The third-order valence-corrected chi connectivity index (χ3v) is 4.48. The first kappa shape index (κ1) is 15.9. The number of methoxy groups -OCH3 is 1. The topological polar surface area (TPSA) is 41.6 Å². The molecular weight excluding hydrogens is 356 g/mol. The van der Waals surface area contributed by atoms with Crippen LogP contribution in [0.4, 0.5) is 11.4 Å². The number of carbonyl (C=O) groups is 1. The Balaban J connectivity index is 1.74. The van der Waals surface area contributed by atoms with Gasteiger partial charge in [0.2, 0.25) is 5.91 Å². The van der Waals surface area contributed by atoms with Crippen molar-refractivity contribution in [1.82, 2.24) is 0 Å². The fourth-order valence-electron chi connectivity index (χ4n) is 2.93. The van der Waals surface area contributed by atoms with Crippen molar-refractivity contribution >= 4 is 33.2 Å². The molecule has 0 aromatic heterocycles. The minimum absolute atomic E-state index is 0.0221. The molecule has 0 saturated carbocycles. The van der Waals surface area contributed by atoms with Gasteiger partial charge >= 0.3 is 0 Å². The number of nitrogens with zero attached hydrogens (tertiary/aromatic N) is 1. The summed E-state index contributed by atoms with van der Waals surface area (Å²) in [7, 11) is 1.67. The van der Waals surface area contributed by atoms with Gasteiger partial charge in [-0.05, 0) is 48.7 Å². The van der Waals surface area contributed by atoms with Gasteiger partial charge in [0.15, 0.2) is 0 Å². The van der Waals surface area contributed by atoms with Crippen LogP contribution >= 0.6 is 15.9 Å². The van der Waals surface area contributed by atoms with Gasteiger partial charge in [-0.1, -0.05) is 28.1 Å². The van der Waals surface area contributed by atoms with E-state index in [0.717, 1.165) is 41.0 Å².